The number of carbonyl (C=O) groups is 2. The second-order valence-corrected chi connectivity index (χ2v) is 5.88. The third-order valence-corrected chi connectivity index (χ3v) is 4.29. The van der Waals surface area contributed by atoms with Gasteiger partial charge in [-0.2, -0.15) is 11.8 Å². The molecule has 5 nitrogen and oxygen atoms in total. The minimum Gasteiger partial charge on any atom is -0.338 e. The summed E-state index contributed by atoms with van der Waals surface area (Å²) in [5.41, 5.74) is 0. The van der Waals surface area contributed by atoms with Gasteiger partial charge in [-0.15, -0.1) is 0 Å². The normalized spacial score (nSPS) is 21.1. The molecule has 104 valence electrons. The minimum atomic E-state index is -0.428. The zero-order valence-electron chi connectivity index (χ0n) is 11.1. The minimum absolute atomic E-state index is 0.276. The Hall–Kier alpha value is -0.750. The van der Waals surface area contributed by atoms with Gasteiger partial charge in [0.2, 0.25) is 5.91 Å². The summed E-state index contributed by atoms with van der Waals surface area (Å²) in [4.78, 5) is 22.8. The molecule has 0 aromatic carbocycles. The molecule has 3 N–H and O–H groups in total. The van der Waals surface area contributed by atoms with Gasteiger partial charge in [0.1, 0.15) is 0 Å². The van der Waals surface area contributed by atoms with E-state index in [1.807, 2.05) is 18.7 Å². The maximum absolute atomic E-state index is 11.7. The Morgan fingerprint density at radius 3 is 2.78 bits per heavy atom. The molecule has 1 fully saturated rings. The predicted octanol–water partition coefficient (Wildman–Crippen LogP) is 1.10. The number of hydrogen-bond donors (Lipinski definition) is 3. The van der Waals surface area contributed by atoms with Crippen LogP contribution in [0.4, 0.5) is 4.79 Å². The van der Waals surface area contributed by atoms with E-state index in [4.69, 9.17) is 0 Å². The number of rotatable bonds is 5. The van der Waals surface area contributed by atoms with Crippen molar-refractivity contribution in [2.45, 2.75) is 44.4 Å². The van der Waals surface area contributed by atoms with Crippen LogP contribution >= 0.6 is 11.8 Å². The molecule has 6 heteroatoms. The summed E-state index contributed by atoms with van der Waals surface area (Å²) in [6.07, 6.45) is 3.79. The van der Waals surface area contributed by atoms with Gasteiger partial charge in [0.15, 0.2) is 0 Å². The van der Waals surface area contributed by atoms with E-state index in [0.29, 0.717) is 11.8 Å². The van der Waals surface area contributed by atoms with Crippen LogP contribution in [0.15, 0.2) is 0 Å². The molecule has 2 atom stereocenters. The topological polar surface area (TPSA) is 70.2 Å². The van der Waals surface area contributed by atoms with E-state index in [1.165, 1.54) is 25.0 Å². The Balaban J connectivity index is 2.20. The Bertz CT molecular complexity index is 280. The van der Waals surface area contributed by atoms with Crippen LogP contribution in [0.1, 0.15) is 33.1 Å². The summed E-state index contributed by atoms with van der Waals surface area (Å²) < 4.78 is 0. The van der Waals surface area contributed by atoms with E-state index >= 15 is 0 Å². The molecule has 1 aliphatic rings. The number of carbonyl (C=O) groups excluding carboxylic acids is 2. The first-order valence-corrected chi connectivity index (χ1v) is 7.62. The van der Waals surface area contributed by atoms with Crippen LogP contribution in [0, 0.1) is 0 Å². The molecule has 0 aromatic rings. The summed E-state index contributed by atoms with van der Waals surface area (Å²) in [5, 5.41) is 8.63. The zero-order chi connectivity index (χ0) is 13.4. The van der Waals surface area contributed by atoms with E-state index in [-0.39, 0.29) is 11.9 Å². The molecule has 1 heterocycles. The first kappa shape index (κ1) is 15.3. The van der Waals surface area contributed by atoms with Crippen molar-refractivity contribution in [1.29, 1.82) is 0 Å². The van der Waals surface area contributed by atoms with Gasteiger partial charge in [-0.1, -0.05) is 6.42 Å². The molecule has 18 heavy (non-hydrogen) atoms. The fourth-order valence-corrected chi connectivity index (χ4v) is 3.05. The van der Waals surface area contributed by atoms with Crippen LogP contribution in [0.25, 0.3) is 0 Å². The summed E-state index contributed by atoms with van der Waals surface area (Å²) >= 11 is 1.97. The number of thioether (sulfide) groups is 1. The lowest BCUT2D eigenvalue weighted by Crippen LogP contribution is -2.49. The molecule has 1 aliphatic heterocycles. The second-order valence-electron chi connectivity index (χ2n) is 4.47. The van der Waals surface area contributed by atoms with E-state index in [1.54, 1.807) is 6.92 Å². The van der Waals surface area contributed by atoms with E-state index in [0.717, 1.165) is 6.54 Å². The Morgan fingerprint density at radius 2 is 2.17 bits per heavy atom. The Morgan fingerprint density at radius 1 is 1.39 bits per heavy atom. The van der Waals surface area contributed by atoms with Crippen molar-refractivity contribution in [2.24, 2.45) is 0 Å². The van der Waals surface area contributed by atoms with Crippen LogP contribution in [0.2, 0.25) is 0 Å². The van der Waals surface area contributed by atoms with Crippen LogP contribution in [0.5, 0.6) is 0 Å². The van der Waals surface area contributed by atoms with Gasteiger partial charge in [0.25, 0.3) is 0 Å². The monoisotopic (exact) mass is 273 g/mol. The van der Waals surface area contributed by atoms with Gasteiger partial charge in [-0.05, 0) is 32.4 Å². The number of hydrogen-bond acceptors (Lipinski definition) is 4. The van der Waals surface area contributed by atoms with Gasteiger partial charge in [-0.3, -0.25) is 10.1 Å². The molecule has 0 saturated carbocycles. The van der Waals surface area contributed by atoms with Gasteiger partial charge in [0.05, 0.1) is 6.04 Å². The fourth-order valence-electron chi connectivity index (χ4n) is 1.79. The third kappa shape index (κ3) is 5.73. The maximum atomic E-state index is 11.7. The second kappa shape index (κ2) is 8.37. The maximum Gasteiger partial charge on any atom is 0.321 e. The van der Waals surface area contributed by atoms with Crippen molar-refractivity contribution >= 4 is 23.7 Å². The quantitative estimate of drug-likeness (QED) is 0.701. The summed E-state index contributed by atoms with van der Waals surface area (Å²) in [7, 11) is 0. The molecule has 0 aliphatic carbocycles. The highest BCUT2D eigenvalue weighted by Gasteiger charge is 2.18. The van der Waals surface area contributed by atoms with Crippen molar-refractivity contribution in [1.82, 2.24) is 16.0 Å². The SMILES string of the molecule is CCNC(=O)NC(=O)C(C)NCC1CCCCS1. The highest BCUT2D eigenvalue weighted by molar-refractivity contribution is 7.99. The molecular formula is C12H23N3O2S. The number of amides is 3. The van der Waals surface area contributed by atoms with Crippen molar-refractivity contribution < 1.29 is 9.59 Å². The molecule has 0 aromatic heterocycles. The van der Waals surface area contributed by atoms with Gasteiger partial charge in [-0.25, -0.2) is 4.79 Å². The summed E-state index contributed by atoms with van der Waals surface area (Å²) in [6.45, 7) is 4.93. The van der Waals surface area contributed by atoms with Crippen LogP contribution in [0.3, 0.4) is 0 Å². The number of imide groups is 1. The van der Waals surface area contributed by atoms with Crippen molar-refractivity contribution in [3.05, 3.63) is 0 Å². The number of nitrogens with one attached hydrogen (secondary N) is 3. The molecule has 1 rings (SSSR count). The largest absolute Gasteiger partial charge is 0.338 e. The van der Waals surface area contributed by atoms with Gasteiger partial charge in [0, 0.05) is 18.3 Å². The summed E-state index contributed by atoms with van der Waals surface area (Å²) in [5.74, 6) is 0.938. The van der Waals surface area contributed by atoms with Crippen molar-refractivity contribution in [2.75, 3.05) is 18.8 Å². The Kier molecular flexibility index (Phi) is 7.12. The van der Waals surface area contributed by atoms with Gasteiger partial charge < -0.3 is 10.6 Å². The zero-order valence-corrected chi connectivity index (χ0v) is 11.9. The average Bonchev–Trinajstić information content (AvgIpc) is 2.37. The molecular weight excluding hydrogens is 250 g/mol. The fraction of sp³-hybridized carbons (Fsp3) is 0.833. The van der Waals surface area contributed by atoms with Crippen LogP contribution < -0.4 is 16.0 Å². The summed E-state index contributed by atoms with van der Waals surface area (Å²) in [6, 6.07) is -0.765. The molecule has 0 radical (unpaired) electrons. The highest BCUT2D eigenvalue weighted by Crippen LogP contribution is 2.24. The lowest BCUT2D eigenvalue weighted by atomic mass is 10.2. The van der Waals surface area contributed by atoms with Crippen LogP contribution in [-0.2, 0) is 4.79 Å². The number of urea groups is 1. The lowest BCUT2D eigenvalue weighted by Gasteiger charge is -2.23. The van der Waals surface area contributed by atoms with Crippen molar-refractivity contribution in [3.63, 3.8) is 0 Å². The molecule has 0 spiro atoms. The van der Waals surface area contributed by atoms with E-state index in [2.05, 4.69) is 16.0 Å². The predicted molar refractivity (Wildman–Crippen MR) is 74.8 cm³/mol. The van der Waals surface area contributed by atoms with Crippen molar-refractivity contribution in [3.8, 4) is 0 Å². The lowest BCUT2D eigenvalue weighted by molar-refractivity contribution is -0.121. The highest BCUT2D eigenvalue weighted by atomic mass is 32.2. The van der Waals surface area contributed by atoms with Gasteiger partial charge >= 0.3 is 6.03 Å². The van der Waals surface area contributed by atoms with E-state index in [9.17, 15) is 9.59 Å². The molecule has 2 unspecified atom stereocenters. The van der Waals surface area contributed by atoms with E-state index < -0.39 is 6.03 Å². The van der Waals surface area contributed by atoms with Crippen LogP contribution in [-0.4, -0.2) is 42.1 Å². The standard InChI is InChI=1S/C12H23N3O2S/c1-3-13-12(17)15-11(16)9(2)14-8-10-6-4-5-7-18-10/h9-10,14H,3-8H2,1-2H3,(H2,13,15,16,17). The first-order chi connectivity index (χ1) is 8.63. The third-order valence-electron chi connectivity index (χ3n) is 2.89. The molecule has 0 bridgehead atoms. The smallest absolute Gasteiger partial charge is 0.321 e. The first-order valence-electron chi connectivity index (χ1n) is 6.57. The molecule has 3 amide bonds. The molecule has 1 saturated heterocycles. The Labute approximate surface area is 113 Å². The average molecular weight is 273 g/mol.